The molecule has 2 aliphatic rings. The van der Waals surface area contributed by atoms with Crippen LogP contribution in [0.4, 0.5) is 10.1 Å². The van der Waals surface area contributed by atoms with Gasteiger partial charge in [-0.15, -0.1) is 0 Å². The quantitative estimate of drug-likeness (QED) is 0.469. The molecule has 0 unspecified atom stereocenters. The predicted molar refractivity (Wildman–Crippen MR) is 107 cm³/mol. The minimum atomic E-state index is -0.893. The molecule has 1 fully saturated rings. The average Bonchev–Trinajstić information content (AvgIpc) is 3.36. The van der Waals surface area contributed by atoms with E-state index in [1.165, 1.54) is 29.2 Å². The molecule has 9 heteroatoms. The minimum Gasteiger partial charge on any atom is -0.450 e. The fourth-order valence-electron chi connectivity index (χ4n) is 4.34. The number of fused-ring (bicyclic) bond motifs is 2. The van der Waals surface area contributed by atoms with E-state index >= 15 is 0 Å². The lowest BCUT2D eigenvalue weighted by molar-refractivity contribution is -0.384. The molecule has 8 nitrogen and oxygen atoms in total. The number of amides is 1. The van der Waals surface area contributed by atoms with Crippen molar-refractivity contribution in [1.29, 1.82) is 0 Å². The molecule has 31 heavy (non-hydrogen) atoms. The molecule has 0 spiro atoms. The van der Waals surface area contributed by atoms with Crippen molar-refractivity contribution in [2.24, 2.45) is 0 Å². The van der Waals surface area contributed by atoms with Crippen molar-refractivity contribution >= 4 is 22.6 Å². The molecule has 158 valence electrons. The van der Waals surface area contributed by atoms with Crippen LogP contribution in [0.3, 0.4) is 0 Å². The van der Waals surface area contributed by atoms with Crippen molar-refractivity contribution in [2.75, 3.05) is 13.2 Å². The van der Waals surface area contributed by atoms with Crippen molar-refractivity contribution in [3.8, 4) is 0 Å². The molecule has 0 radical (unpaired) electrons. The summed E-state index contributed by atoms with van der Waals surface area (Å²) in [6.45, 7) is 0.794. The molecule has 0 N–H and O–H groups in total. The van der Waals surface area contributed by atoms with Gasteiger partial charge in [0, 0.05) is 25.3 Å². The fourth-order valence-corrected chi connectivity index (χ4v) is 4.34. The van der Waals surface area contributed by atoms with Crippen LogP contribution in [0.15, 0.2) is 51.7 Å². The van der Waals surface area contributed by atoms with Crippen LogP contribution < -0.4 is 5.43 Å². The van der Waals surface area contributed by atoms with Crippen LogP contribution in [0.25, 0.3) is 11.0 Å². The largest absolute Gasteiger partial charge is 0.450 e. The summed E-state index contributed by atoms with van der Waals surface area (Å²) < 4.78 is 25.2. The molecular weight excluding hydrogens is 407 g/mol. The number of rotatable bonds is 4. The Labute approximate surface area is 175 Å². The number of benzene rings is 2. The van der Waals surface area contributed by atoms with Crippen molar-refractivity contribution in [3.63, 3.8) is 0 Å². The molecule has 0 aliphatic carbocycles. The summed E-state index contributed by atoms with van der Waals surface area (Å²) in [5.74, 6) is -1.23. The van der Waals surface area contributed by atoms with Gasteiger partial charge in [0.15, 0.2) is 5.43 Å². The molecule has 3 aromatic rings. The highest BCUT2D eigenvalue weighted by atomic mass is 19.1. The van der Waals surface area contributed by atoms with E-state index in [0.717, 1.165) is 25.0 Å². The normalized spacial score (nSPS) is 20.4. The molecule has 2 atom stereocenters. The fraction of sp³-hybridized carbons (Fsp3) is 0.273. The zero-order chi connectivity index (χ0) is 21.7. The third-order valence-electron chi connectivity index (χ3n) is 5.75. The van der Waals surface area contributed by atoms with Gasteiger partial charge in [0.2, 0.25) is 5.76 Å². The third-order valence-corrected chi connectivity index (χ3v) is 5.75. The van der Waals surface area contributed by atoms with E-state index < -0.39 is 28.1 Å². The minimum absolute atomic E-state index is 0.0148. The van der Waals surface area contributed by atoms with Crippen LogP contribution in [-0.4, -0.2) is 35.0 Å². The Kier molecular flexibility index (Phi) is 4.55. The van der Waals surface area contributed by atoms with Crippen molar-refractivity contribution < 1.29 is 23.3 Å². The first-order valence-electron chi connectivity index (χ1n) is 9.87. The Bertz CT molecular complexity index is 1280. The smallest absolute Gasteiger partial charge is 0.291 e. The van der Waals surface area contributed by atoms with Gasteiger partial charge in [-0.1, -0.05) is 12.1 Å². The summed E-state index contributed by atoms with van der Waals surface area (Å²) in [6.07, 6.45) is 1.42. The van der Waals surface area contributed by atoms with E-state index in [4.69, 9.17) is 9.15 Å². The van der Waals surface area contributed by atoms with Gasteiger partial charge in [0.25, 0.3) is 11.6 Å². The lowest BCUT2D eigenvalue weighted by Crippen LogP contribution is -2.36. The highest BCUT2D eigenvalue weighted by Gasteiger charge is 2.44. The Balaban J connectivity index is 1.72. The number of hydrogen-bond acceptors (Lipinski definition) is 6. The lowest BCUT2D eigenvalue weighted by Gasteiger charge is -2.27. The van der Waals surface area contributed by atoms with Gasteiger partial charge in [0.05, 0.1) is 28.0 Å². The first-order valence-corrected chi connectivity index (χ1v) is 9.87. The SMILES string of the molecule is O=C1c2oc3ccc(F)cc3c(=O)c2[C@H](c2cccc([N+](=O)[O-])c2)N1C[C@H]1CCCO1. The first kappa shape index (κ1) is 19.4. The molecule has 1 amide bonds. The van der Waals surface area contributed by atoms with Crippen molar-refractivity contribution in [2.45, 2.75) is 25.0 Å². The second kappa shape index (κ2) is 7.28. The van der Waals surface area contributed by atoms with Gasteiger partial charge in [-0.05, 0) is 36.6 Å². The summed E-state index contributed by atoms with van der Waals surface area (Å²) in [5.41, 5.74) is -0.124. The number of halogens is 1. The summed E-state index contributed by atoms with van der Waals surface area (Å²) in [4.78, 5) is 38.8. The number of carbonyl (C=O) groups excluding carboxylic acids is 1. The summed E-state index contributed by atoms with van der Waals surface area (Å²) in [6, 6.07) is 8.44. The van der Waals surface area contributed by atoms with E-state index in [0.29, 0.717) is 12.2 Å². The lowest BCUT2D eigenvalue weighted by atomic mass is 9.98. The topological polar surface area (TPSA) is 103 Å². The van der Waals surface area contributed by atoms with Gasteiger partial charge < -0.3 is 14.1 Å². The molecule has 1 saturated heterocycles. The highest BCUT2D eigenvalue weighted by Crippen LogP contribution is 2.39. The second-order valence-electron chi connectivity index (χ2n) is 7.66. The van der Waals surface area contributed by atoms with E-state index in [9.17, 15) is 24.1 Å². The summed E-state index contributed by atoms with van der Waals surface area (Å²) in [5, 5.41) is 11.3. The maximum absolute atomic E-state index is 13.8. The monoisotopic (exact) mass is 424 g/mol. The van der Waals surface area contributed by atoms with Crippen LogP contribution in [-0.2, 0) is 4.74 Å². The van der Waals surface area contributed by atoms with Gasteiger partial charge in [0.1, 0.15) is 11.4 Å². The zero-order valence-electron chi connectivity index (χ0n) is 16.2. The Morgan fingerprint density at radius 1 is 1.19 bits per heavy atom. The maximum Gasteiger partial charge on any atom is 0.291 e. The Hall–Kier alpha value is -3.59. The number of nitro benzene ring substituents is 1. The highest BCUT2D eigenvalue weighted by molar-refractivity contribution is 5.99. The molecule has 5 rings (SSSR count). The molecule has 0 bridgehead atoms. The number of nitrogens with zero attached hydrogens (tertiary/aromatic N) is 2. The van der Waals surface area contributed by atoms with E-state index in [2.05, 4.69) is 0 Å². The number of hydrogen-bond donors (Lipinski definition) is 0. The maximum atomic E-state index is 13.8. The second-order valence-corrected chi connectivity index (χ2v) is 7.66. The van der Waals surface area contributed by atoms with Crippen molar-refractivity contribution in [1.82, 2.24) is 4.90 Å². The number of ether oxygens (including phenoxy) is 1. The molecule has 2 aromatic carbocycles. The molecule has 2 aliphatic heterocycles. The van der Waals surface area contributed by atoms with Gasteiger partial charge >= 0.3 is 0 Å². The van der Waals surface area contributed by atoms with Crippen LogP contribution in [0.5, 0.6) is 0 Å². The van der Waals surface area contributed by atoms with Gasteiger partial charge in [-0.25, -0.2) is 4.39 Å². The average molecular weight is 424 g/mol. The van der Waals surface area contributed by atoms with E-state index in [-0.39, 0.29) is 40.6 Å². The number of nitro groups is 1. The standard InChI is InChI=1S/C22H17FN2O6/c23-13-6-7-17-16(10-13)20(26)18-19(12-3-1-4-14(9-12)25(28)29)24(22(27)21(18)31-17)11-15-5-2-8-30-15/h1,3-4,6-7,9-10,15,19H,2,5,8,11H2/t15-,19+/m1/s1. The number of carbonyl (C=O) groups is 1. The van der Waals surface area contributed by atoms with E-state index in [1.807, 2.05) is 0 Å². The number of non-ortho nitro benzene ring substituents is 1. The molecule has 0 saturated carbocycles. The zero-order valence-corrected chi connectivity index (χ0v) is 16.2. The molecule has 3 heterocycles. The van der Waals surface area contributed by atoms with Crippen LogP contribution in [0, 0.1) is 15.9 Å². The Morgan fingerprint density at radius 2 is 2.03 bits per heavy atom. The van der Waals surface area contributed by atoms with Crippen LogP contribution >= 0.6 is 0 Å². The van der Waals surface area contributed by atoms with Crippen LogP contribution in [0.2, 0.25) is 0 Å². The van der Waals surface area contributed by atoms with Crippen LogP contribution in [0.1, 0.15) is 40.6 Å². The van der Waals surface area contributed by atoms with Crippen molar-refractivity contribution in [3.05, 3.63) is 85.5 Å². The van der Waals surface area contributed by atoms with Gasteiger partial charge in [-0.3, -0.25) is 19.7 Å². The third kappa shape index (κ3) is 3.17. The molecule has 1 aromatic heterocycles. The van der Waals surface area contributed by atoms with Gasteiger partial charge in [-0.2, -0.15) is 0 Å². The molecular formula is C22H17FN2O6. The summed E-state index contributed by atoms with van der Waals surface area (Å²) >= 11 is 0. The Morgan fingerprint density at radius 3 is 2.77 bits per heavy atom. The van der Waals surface area contributed by atoms with E-state index in [1.54, 1.807) is 6.07 Å². The summed E-state index contributed by atoms with van der Waals surface area (Å²) in [7, 11) is 0. The predicted octanol–water partition coefficient (Wildman–Crippen LogP) is 3.56. The first-order chi connectivity index (χ1) is 14.9.